The highest BCUT2D eigenvalue weighted by Gasteiger charge is 2.12. The Balaban J connectivity index is 2.32. The van der Waals surface area contributed by atoms with E-state index in [2.05, 4.69) is 4.98 Å². The number of aryl methyl sites for hydroxylation is 2. The molecule has 2 rings (SSSR count). The fraction of sp³-hybridized carbons (Fsp3) is 0.625. The van der Waals surface area contributed by atoms with Crippen LogP contribution in [-0.2, 0) is 12.8 Å². The minimum Gasteiger partial charge on any atom is -0.230 e. The molecule has 0 saturated heterocycles. The van der Waals surface area contributed by atoms with E-state index in [1.165, 1.54) is 36.3 Å². The first-order chi connectivity index (χ1) is 5.36. The third-order valence-corrected chi connectivity index (χ3v) is 3.33. The monoisotopic (exact) mass is 187 g/mol. The van der Waals surface area contributed by atoms with Crippen LogP contribution in [0.2, 0.25) is 4.47 Å². The fourth-order valence-electron chi connectivity index (χ4n) is 1.50. The van der Waals surface area contributed by atoms with Crippen LogP contribution in [0.4, 0.5) is 0 Å². The molecule has 1 heterocycles. The van der Waals surface area contributed by atoms with Gasteiger partial charge in [-0.2, -0.15) is 0 Å². The van der Waals surface area contributed by atoms with Crippen LogP contribution in [0.25, 0.3) is 0 Å². The summed E-state index contributed by atoms with van der Waals surface area (Å²) in [6.07, 6.45) is 6.28. The van der Waals surface area contributed by atoms with Gasteiger partial charge in [-0.15, -0.1) is 11.3 Å². The summed E-state index contributed by atoms with van der Waals surface area (Å²) in [6.45, 7) is 0. The largest absolute Gasteiger partial charge is 0.230 e. The summed E-state index contributed by atoms with van der Waals surface area (Å²) in [5.41, 5.74) is 1.26. The molecule has 0 N–H and O–H groups in total. The molecule has 0 unspecified atom stereocenters. The van der Waals surface area contributed by atoms with Gasteiger partial charge in [-0.05, 0) is 25.7 Å². The fourth-order valence-corrected chi connectivity index (χ4v) is 2.75. The molecule has 0 saturated carbocycles. The summed E-state index contributed by atoms with van der Waals surface area (Å²) >= 11 is 7.47. The van der Waals surface area contributed by atoms with E-state index in [0.717, 1.165) is 10.9 Å². The van der Waals surface area contributed by atoms with Crippen LogP contribution in [0.5, 0.6) is 0 Å². The number of hydrogen-bond acceptors (Lipinski definition) is 2. The van der Waals surface area contributed by atoms with Crippen molar-refractivity contribution in [2.45, 2.75) is 32.1 Å². The molecule has 1 nitrogen and oxygen atoms in total. The Hall–Kier alpha value is -0.0800. The van der Waals surface area contributed by atoms with Crippen LogP contribution >= 0.6 is 22.9 Å². The second-order valence-electron chi connectivity index (χ2n) is 2.90. The highest BCUT2D eigenvalue weighted by Crippen LogP contribution is 2.28. The van der Waals surface area contributed by atoms with E-state index in [1.54, 1.807) is 11.3 Å². The lowest BCUT2D eigenvalue weighted by Crippen LogP contribution is -1.84. The minimum absolute atomic E-state index is 0.719. The maximum Gasteiger partial charge on any atom is 0.184 e. The van der Waals surface area contributed by atoms with Crippen molar-refractivity contribution < 1.29 is 0 Å². The van der Waals surface area contributed by atoms with Gasteiger partial charge >= 0.3 is 0 Å². The van der Waals surface area contributed by atoms with Gasteiger partial charge in [-0.25, -0.2) is 4.98 Å². The van der Waals surface area contributed by atoms with Gasteiger partial charge in [0, 0.05) is 4.88 Å². The van der Waals surface area contributed by atoms with Crippen molar-refractivity contribution in [1.82, 2.24) is 4.98 Å². The highest BCUT2D eigenvalue weighted by atomic mass is 35.5. The zero-order valence-corrected chi connectivity index (χ0v) is 7.84. The van der Waals surface area contributed by atoms with E-state index >= 15 is 0 Å². The van der Waals surface area contributed by atoms with Crippen molar-refractivity contribution in [3.63, 3.8) is 0 Å². The van der Waals surface area contributed by atoms with Crippen molar-refractivity contribution in [3.8, 4) is 0 Å². The molecule has 0 aromatic carbocycles. The lowest BCUT2D eigenvalue weighted by molar-refractivity contribution is 0.709. The quantitative estimate of drug-likeness (QED) is 0.569. The summed E-state index contributed by atoms with van der Waals surface area (Å²) in [5.74, 6) is 0. The van der Waals surface area contributed by atoms with E-state index in [4.69, 9.17) is 11.6 Å². The summed E-state index contributed by atoms with van der Waals surface area (Å²) in [5, 5.41) is 0. The normalized spacial score (nSPS) is 17.5. The molecule has 60 valence electrons. The van der Waals surface area contributed by atoms with E-state index < -0.39 is 0 Å². The summed E-state index contributed by atoms with van der Waals surface area (Å²) < 4.78 is 0.719. The Kier molecular flexibility index (Phi) is 2.14. The highest BCUT2D eigenvalue weighted by molar-refractivity contribution is 7.15. The lowest BCUT2D eigenvalue weighted by atomic mass is 10.2. The molecule has 3 heteroatoms. The average molecular weight is 188 g/mol. The Labute approximate surface area is 75.4 Å². The van der Waals surface area contributed by atoms with Gasteiger partial charge in [0.2, 0.25) is 0 Å². The smallest absolute Gasteiger partial charge is 0.184 e. The Bertz CT molecular complexity index is 233. The lowest BCUT2D eigenvalue weighted by Gasteiger charge is -1.90. The third-order valence-electron chi connectivity index (χ3n) is 2.07. The molecule has 0 aliphatic heterocycles. The molecule has 0 bridgehead atoms. The molecule has 0 atom stereocenters. The maximum absolute atomic E-state index is 5.81. The molecule has 0 radical (unpaired) electrons. The molecule has 1 aromatic heterocycles. The van der Waals surface area contributed by atoms with Crippen LogP contribution in [0.3, 0.4) is 0 Å². The Morgan fingerprint density at radius 2 is 2.00 bits per heavy atom. The Morgan fingerprint density at radius 1 is 1.18 bits per heavy atom. The van der Waals surface area contributed by atoms with Gasteiger partial charge < -0.3 is 0 Å². The summed E-state index contributed by atoms with van der Waals surface area (Å²) in [6, 6.07) is 0. The number of nitrogens with zero attached hydrogens (tertiary/aromatic N) is 1. The molecular formula is C8H10ClNS. The van der Waals surface area contributed by atoms with Gasteiger partial charge in [0.25, 0.3) is 0 Å². The number of hydrogen-bond donors (Lipinski definition) is 0. The molecule has 0 fully saturated rings. The molecule has 1 aliphatic rings. The van der Waals surface area contributed by atoms with Gasteiger partial charge in [0.1, 0.15) is 0 Å². The molecule has 11 heavy (non-hydrogen) atoms. The van der Waals surface area contributed by atoms with Crippen LogP contribution in [0.1, 0.15) is 29.8 Å². The van der Waals surface area contributed by atoms with E-state index in [1.807, 2.05) is 0 Å². The first kappa shape index (κ1) is 7.56. The van der Waals surface area contributed by atoms with E-state index in [-0.39, 0.29) is 0 Å². The minimum atomic E-state index is 0.719. The zero-order valence-electron chi connectivity index (χ0n) is 6.27. The molecule has 1 aromatic rings. The van der Waals surface area contributed by atoms with Crippen molar-refractivity contribution >= 4 is 22.9 Å². The zero-order chi connectivity index (χ0) is 7.68. The summed E-state index contributed by atoms with van der Waals surface area (Å²) in [7, 11) is 0. The van der Waals surface area contributed by atoms with Crippen LogP contribution in [-0.4, -0.2) is 4.98 Å². The number of rotatable bonds is 0. The Morgan fingerprint density at radius 3 is 2.91 bits per heavy atom. The molecule has 0 amide bonds. The van der Waals surface area contributed by atoms with E-state index in [9.17, 15) is 0 Å². The first-order valence-electron chi connectivity index (χ1n) is 4.00. The number of thiazole rings is 1. The number of halogens is 1. The maximum atomic E-state index is 5.81. The van der Waals surface area contributed by atoms with Crippen LogP contribution in [0, 0.1) is 0 Å². The van der Waals surface area contributed by atoms with Gasteiger partial charge in [-0.1, -0.05) is 18.0 Å². The predicted molar refractivity (Wildman–Crippen MR) is 48.4 cm³/mol. The van der Waals surface area contributed by atoms with Crippen LogP contribution in [0.15, 0.2) is 0 Å². The third kappa shape index (κ3) is 1.57. The molecule has 0 spiro atoms. The van der Waals surface area contributed by atoms with E-state index in [0.29, 0.717) is 0 Å². The SMILES string of the molecule is Clc1nc2c(s1)CCCCC2. The standard InChI is InChI=1S/C8H10ClNS/c9-8-10-6-4-2-1-3-5-7(6)11-8/h1-5H2. The second-order valence-corrected chi connectivity index (χ2v) is 4.56. The topological polar surface area (TPSA) is 12.9 Å². The number of fused-ring (bicyclic) bond motifs is 1. The van der Waals surface area contributed by atoms with Gasteiger partial charge in [-0.3, -0.25) is 0 Å². The van der Waals surface area contributed by atoms with Gasteiger partial charge in [0.15, 0.2) is 4.47 Å². The van der Waals surface area contributed by atoms with Crippen molar-refractivity contribution in [3.05, 3.63) is 15.0 Å². The van der Waals surface area contributed by atoms with Gasteiger partial charge in [0.05, 0.1) is 5.69 Å². The average Bonchev–Trinajstić information content (AvgIpc) is 2.17. The molecule has 1 aliphatic carbocycles. The van der Waals surface area contributed by atoms with Crippen LogP contribution < -0.4 is 0 Å². The van der Waals surface area contributed by atoms with Crippen molar-refractivity contribution in [2.75, 3.05) is 0 Å². The number of aromatic nitrogens is 1. The predicted octanol–water partition coefficient (Wildman–Crippen LogP) is 3.07. The summed E-state index contributed by atoms with van der Waals surface area (Å²) in [4.78, 5) is 5.72. The second kappa shape index (κ2) is 3.11. The molecular weight excluding hydrogens is 178 g/mol. The van der Waals surface area contributed by atoms with Crippen molar-refractivity contribution in [2.24, 2.45) is 0 Å². The first-order valence-corrected chi connectivity index (χ1v) is 5.20. The van der Waals surface area contributed by atoms with Crippen molar-refractivity contribution in [1.29, 1.82) is 0 Å².